The van der Waals surface area contributed by atoms with Crippen molar-refractivity contribution in [2.45, 2.75) is 38.7 Å². The van der Waals surface area contributed by atoms with E-state index in [0.29, 0.717) is 16.6 Å². The maximum atomic E-state index is 12.8. The van der Waals surface area contributed by atoms with E-state index in [2.05, 4.69) is 9.88 Å². The number of aromatic nitrogens is 1. The quantitative estimate of drug-likeness (QED) is 0.909. The van der Waals surface area contributed by atoms with E-state index in [9.17, 15) is 4.79 Å². The lowest BCUT2D eigenvalue weighted by Gasteiger charge is -2.31. The van der Waals surface area contributed by atoms with E-state index in [0.717, 1.165) is 44.9 Å². The highest BCUT2D eigenvalue weighted by molar-refractivity contribution is 7.17. The molecule has 0 spiro atoms. The average molecular weight is 338 g/mol. The molecule has 1 amide bonds. The molecule has 2 N–H and O–H groups in total. The minimum Gasteiger partial charge on any atom is -0.375 e. The van der Waals surface area contributed by atoms with Crippen molar-refractivity contribution in [3.8, 4) is 0 Å². The molecule has 2 fully saturated rings. The van der Waals surface area contributed by atoms with Gasteiger partial charge in [0.2, 0.25) is 0 Å². The second kappa shape index (κ2) is 7.59. The van der Waals surface area contributed by atoms with Crippen LogP contribution in [0.3, 0.4) is 0 Å². The maximum absolute atomic E-state index is 12.8. The number of carbonyl (C=O) groups is 1. The van der Waals surface area contributed by atoms with E-state index >= 15 is 0 Å². The van der Waals surface area contributed by atoms with Crippen LogP contribution in [-0.4, -0.2) is 66.1 Å². The molecule has 0 unspecified atom stereocenters. The Hall–Kier alpha value is -1.18. The summed E-state index contributed by atoms with van der Waals surface area (Å²) >= 11 is 1.28. The Morgan fingerprint density at radius 2 is 2.09 bits per heavy atom. The summed E-state index contributed by atoms with van der Waals surface area (Å²) in [6.45, 7) is 7.20. The van der Waals surface area contributed by atoms with Crippen molar-refractivity contribution in [2.75, 3.05) is 45.1 Å². The second-order valence-corrected chi connectivity index (χ2v) is 7.46. The predicted molar refractivity (Wildman–Crippen MR) is 91.8 cm³/mol. The zero-order chi connectivity index (χ0) is 16.2. The van der Waals surface area contributed by atoms with Crippen molar-refractivity contribution in [1.29, 1.82) is 0 Å². The Labute approximate surface area is 141 Å². The number of amides is 1. The highest BCUT2D eigenvalue weighted by atomic mass is 32.1. The van der Waals surface area contributed by atoms with Crippen molar-refractivity contribution < 1.29 is 9.53 Å². The normalized spacial score (nSPS) is 23.7. The molecule has 0 aromatic carbocycles. The monoisotopic (exact) mass is 338 g/mol. The van der Waals surface area contributed by atoms with Gasteiger partial charge in [-0.3, -0.25) is 4.79 Å². The zero-order valence-electron chi connectivity index (χ0n) is 13.8. The number of nitrogens with zero attached hydrogens (tertiary/aromatic N) is 3. The van der Waals surface area contributed by atoms with Crippen LogP contribution >= 0.6 is 11.3 Å². The number of hydrogen-bond donors (Lipinski definition) is 1. The fourth-order valence-electron chi connectivity index (χ4n) is 3.38. The molecule has 6 nitrogen and oxygen atoms in total. The SMILES string of the molecule is Cc1nc(N)sc1C(=O)N1CCCO[C@H](CN2CCCCC2)C1. The van der Waals surface area contributed by atoms with Crippen LogP contribution in [-0.2, 0) is 4.74 Å². The van der Waals surface area contributed by atoms with Crippen LogP contribution in [0.5, 0.6) is 0 Å². The van der Waals surface area contributed by atoms with Crippen LogP contribution in [0.4, 0.5) is 5.13 Å². The minimum absolute atomic E-state index is 0.0471. The van der Waals surface area contributed by atoms with Crippen molar-refractivity contribution >= 4 is 22.4 Å². The minimum atomic E-state index is 0.0471. The van der Waals surface area contributed by atoms with Gasteiger partial charge in [-0.1, -0.05) is 17.8 Å². The molecular formula is C16H26N4O2S. The Morgan fingerprint density at radius 1 is 1.30 bits per heavy atom. The lowest BCUT2D eigenvalue weighted by atomic mass is 10.1. The topological polar surface area (TPSA) is 71.7 Å². The van der Waals surface area contributed by atoms with E-state index in [-0.39, 0.29) is 12.0 Å². The average Bonchev–Trinajstić information content (AvgIpc) is 2.74. The van der Waals surface area contributed by atoms with Crippen LogP contribution in [0.25, 0.3) is 0 Å². The Balaban J connectivity index is 1.64. The molecule has 2 saturated heterocycles. The van der Waals surface area contributed by atoms with Gasteiger partial charge in [0.1, 0.15) is 4.88 Å². The standard InChI is InChI=1S/C16H26N4O2S/c1-12-14(23-16(17)18-12)15(21)20-8-5-9-22-13(11-20)10-19-6-3-2-4-7-19/h13H,2-11H2,1H3,(H2,17,18)/t13-/m1/s1. The molecule has 0 saturated carbocycles. The molecule has 0 radical (unpaired) electrons. The van der Waals surface area contributed by atoms with Crippen molar-refractivity contribution in [1.82, 2.24) is 14.8 Å². The molecule has 23 heavy (non-hydrogen) atoms. The van der Waals surface area contributed by atoms with E-state index < -0.39 is 0 Å². The number of nitrogen functional groups attached to an aromatic ring is 1. The molecule has 2 aliphatic heterocycles. The third-order valence-electron chi connectivity index (χ3n) is 4.56. The summed E-state index contributed by atoms with van der Waals surface area (Å²) in [5.74, 6) is 0.0471. The van der Waals surface area contributed by atoms with Gasteiger partial charge in [-0.05, 0) is 39.3 Å². The van der Waals surface area contributed by atoms with Crippen LogP contribution in [0.2, 0.25) is 0 Å². The van der Waals surface area contributed by atoms with Gasteiger partial charge < -0.3 is 20.3 Å². The highest BCUT2D eigenvalue weighted by Gasteiger charge is 2.27. The van der Waals surface area contributed by atoms with Crippen LogP contribution in [0.15, 0.2) is 0 Å². The molecular weight excluding hydrogens is 312 g/mol. The molecule has 3 heterocycles. The molecule has 1 aromatic heterocycles. The Morgan fingerprint density at radius 3 is 2.78 bits per heavy atom. The van der Waals surface area contributed by atoms with Crippen LogP contribution in [0.1, 0.15) is 41.0 Å². The van der Waals surface area contributed by atoms with Crippen LogP contribution < -0.4 is 5.73 Å². The van der Waals surface area contributed by atoms with Gasteiger partial charge in [-0.15, -0.1) is 0 Å². The van der Waals surface area contributed by atoms with Gasteiger partial charge in [0, 0.05) is 26.2 Å². The Kier molecular flexibility index (Phi) is 5.50. The number of rotatable bonds is 3. The van der Waals surface area contributed by atoms with Gasteiger partial charge in [-0.2, -0.15) is 0 Å². The highest BCUT2D eigenvalue weighted by Crippen LogP contribution is 2.23. The number of likely N-dealkylation sites (tertiary alicyclic amines) is 1. The van der Waals surface area contributed by atoms with Gasteiger partial charge in [-0.25, -0.2) is 4.98 Å². The first-order chi connectivity index (χ1) is 11.1. The van der Waals surface area contributed by atoms with Crippen molar-refractivity contribution in [2.24, 2.45) is 0 Å². The number of hydrogen-bond acceptors (Lipinski definition) is 6. The zero-order valence-corrected chi connectivity index (χ0v) is 14.6. The Bertz CT molecular complexity index is 542. The lowest BCUT2D eigenvalue weighted by molar-refractivity contribution is 0.0217. The van der Waals surface area contributed by atoms with E-state index in [4.69, 9.17) is 10.5 Å². The molecule has 1 atom stereocenters. The summed E-state index contributed by atoms with van der Waals surface area (Å²) in [5, 5.41) is 0.460. The van der Waals surface area contributed by atoms with Gasteiger partial charge >= 0.3 is 0 Å². The number of thiazole rings is 1. The number of anilines is 1. The third kappa shape index (κ3) is 4.22. The number of carbonyl (C=O) groups excluding carboxylic acids is 1. The summed E-state index contributed by atoms with van der Waals surface area (Å²) in [7, 11) is 0. The van der Waals surface area contributed by atoms with Gasteiger partial charge in [0.05, 0.1) is 11.8 Å². The lowest BCUT2D eigenvalue weighted by Crippen LogP contribution is -2.43. The first-order valence-corrected chi connectivity index (χ1v) is 9.31. The first-order valence-electron chi connectivity index (χ1n) is 8.49. The van der Waals surface area contributed by atoms with Crippen molar-refractivity contribution in [3.63, 3.8) is 0 Å². The largest absolute Gasteiger partial charge is 0.375 e. The molecule has 0 bridgehead atoms. The van der Waals surface area contributed by atoms with Crippen LogP contribution in [0, 0.1) is 6.92 Å². The summed E-state index contributed by atoms with van der Waals surface area (Å²) in [4.78, 5) is 22.0. The fourth-order valence-corrected chi connectivity index (χ4v) is 4.18. The molecule has 0 aliphatic carbocycles. The fraction of sp³-hybridized carbons (Fsp3) is 0.750. The van der Waals surface area contributed by atoms with E-state index in [1.54, 1.807) is 0 Å². The molecule has 128 valence electrons. The third-order valence-corrected chi connectivity index (χ3v) is 5.53. The number of ether oxygens (including phenoxy) is 1. The maximum Gasteiger partial charge on any atom is 0.266 e. The summed E-state index contributed by atoms with van der Waals surface area (Å²) < 4.78 is 5.98. The molecule has 2 aliphatic rings. The van der Waals surface area contributed by atoms with E-state index in [1.165, 1.54) is 30.6 Å². The number of nitrogens with two attached hydrogens (primary N) is 1. The van der Waals surface area contributed by atoms with Crippen molar-refractivity contribution in [3.05, 3.63) is 10.6 Å². The van der Waals surface area contributed by atoms with E-state index in [1.807, 2.05) is 11.8 Å². The van der Waals surface area contributed by atoms with Gasteiger partial charge in [0.25, 0.3) is 5.91 Å². The number of piperidine rings is 1. The number of aryl methyl sites for hydroxylation is 1. The first kappa shape index (κ1) is 16.7. The summed E-state index contributed by atoms with van der Waals surface area (Å²) in [6, 6.07) is 0. The summed E-state index contributed by atoms with van der Waals surface area (Å²) in [5.41, 5.74) is 6.47. The molecule has 7 heteroatoms. The smallest absolute Gasteiger partial charge is 0.266 e. The summed E-state index contributed by atoms with van der Waals surface area (Å²) in [6.07, 6.45) is 4.86. The molecule has 3 rings (SSSR count). The van der Waals surface area contributed by atoms with Gasteiger partial charge in [0.15, 0.2) is 5.13 Å². The second-order valence-electron chi connectivity index (χ2n) is 6.43. The predicted octanol–water partition coefficient (Wildman–Crippen LogP) is 1.75. The molecule has 1 aromatic rings.